The topological polar surface area (TPSA) is 44.3 Å². The number of aliphatic hydroxyl groups is 1. The molecule has 3 nitrogen and oxygen atoms in total. The normalized spacial score (nSPS) is 14.2. The Bertz CT molecular complexity index is 545. The summed E-state index contributed by atoms with van der Waals surface area (Å²) in [4.78, 5) is 0. The zero-order valence-corrected chi connectivity index (χ0v) is 12.8. The molecule has 0 saturated heterocycles. The number of fused-ring (bicyclic) bond motifs is 1. The first-order chi connectivity index (χ1) is 9.34. The molecule has 3 rings (SSSR count). The molecule has 2 heterocycles. The van der Waals surface area contributed by atoms with Crippen LogP contribution in [0, 0.1) is 0 Å². The van der Waals surface area contributed by atoms with E-state index in [0.29, 0.717) is 6.54 Å². The van der Waals surface area contributed by atoms with Crippen LogP contribution in [-0.2, 0) is 13.0 Å². The zero-order chi connectivity index (χ0) is 13.1. The monoisotopic (exact) mass is 310 g/mol. The van der Waals surface area contributed by atoms with E-state index >= 15 is 0 Å². The highest BCUT2D eigenvalue weighted by atomic mass is 35.5. The van der Waals surface area contributed by atoms with Crippen molar-refractivity contribution in [2.24, 2.45) is 0 Å². The summed E-state index contributed by atoms with van der Waals surface area (Å²) < 4.78 is 0. The third-order valence-corrected chi connectivity index (χ3v) is 4.22. The Hall–Kier alpha value is -1.07. The van der Waals surface area contributed by atoms with Crippen LogP contribution in [0.3, 0.4) is 0 Å². The van der Waals surface area contributed by atoms with Crippen molar-refractivity contribution < 1.29 is 5.11 Å². The molecule has 20 heavy (non-hydrogen) atoms. The maximum atomic E-state index is 10.0. The van der Waals surface area contributed by atoms with Crippen LogP contribution in [0.25, 0.3) is 0 Å². The van der Waals surface area contributed by atoms with Crippen molar-refractivity contribution in [3.63, 3.8) is 0 Å². The molecule has 5 heteroatoms. The molecule has 2 aromatic rings. The fourth-order valence-electron chi connectivity index (χ4n) is 2.48. The van der Waals surface area contributed by atoms with Crippen molar-refractivity contribution in [2.45, 2.75) is 19.1 Å². The fraction of sp³-hybridized carbons (Fsp3) is 0.333. The van der Waals surface area contributed by atoms with Crippen LogP contribution >= 0.6 is 23.7 Å². The number of hydrogen-bond acceptors (Lipinski definition) is 4. The molecule has 0 spiro atoms. The lowest BCUT2D eigenvalue weighted by molar-refractivity contribution is 0.175. The highest BCUT2D eigenvalue weighted by Gasteiger charge is 2.13. The third-order valence-electron chi connectivity index (χ3n) is 3.51. The molecule has 1 aromatic heterocycles. The largest absolute Gasteiger partial charge is 0.387 e. The van der Waals surface area contributed by atoms with Crippen molar-refractivity contribution in [3.05, 3.63) is 51.7 Å². The predicted octanol–water partition coefficient (Wildman–Crippen LogP) is 2.96. The Morgan fingerprint density at radius 3 is 3.05 bits per heavy atom. The van der Waals surface area contributed by atoms with E-state index in [1.54, 1.807) is 11.3 Å². The maximum Gasteiger partial charge on any atom is 0.0922 e. The zero-order valence-electron chi connectivity index (χ0n) is 11.1. The van der Waals surface area contributed by atoms with Crippen molar-refractivity contribution in [3.8, 4) is 0 Å². The highest BCUT2D eigenvalue weighted by molar-refractivity contribution is 7.07. The molecular formula is C15H19ClN2OS. The van der Waals surface area contributed by atoms with Crippen LogP contribution in [0.15, 0.2) is 35.0 Å². The molecule has 0 radical (unpaired) electrons. The van der Waals surface area contributed by atoms with Gasteiger partial charge in [0.25, 0.3) is 0 Å². The average molecular weight is 311 g/mol. The highest BCUT2D eigenvalue weighted by Crippen LogP contribution is 2.26. The predicted molar refractivity (Wildman–Crippen MR) is 86.9 cm³/mol. The minimum atomic E-state index is -0.420. The standard InChI is InChI=1S/C15H18N2OS.ClH/c18-14(13-5-7-19-10-13)9-16-8-12-3-1-2-11-4-6-17-15(11)12;/h1-3,5,7,10,14,16-18H,4,6,8-9H2;1H. The van der Waals surface area contributed by atoms with Gasteiger partial charge in [0.1, 0.15) is 0 Å². The number of nitrogens with one attached hydrogen (secondary N) is 2. The van der Waals surface area contributed by atoms with Gasteiger partial charge in [-0.15, -0.1) is 12.4 Å². The van der Waals surface area contributed by atoms with Crippen molar-refractivity contribution in [1.29, 1.82) is 0 Å². The Morgan fingerprint density at radius 1 is 1.35 bits per heavy atom. The number of para-hydroxylation sites is 1. The summed E-state index contributed by atoms with van der Waals surface area (Å²) in [7, 11) is 0. The fourth-order valence-corrected chi connectivity index (χ4v) is 3.19. The first kappa shape index (κ1) is 15.3. The summed E-state index contributed by atoms with van der Waals surface area (Å²) >= 11 is 1.62. The minimum absolute atomic E-state index is 0. The maximum absolute atomic E-state index is 10.0. The second-order valence-electron chi connectivity index (χ2n) is 4.83. The summed E-state index contributed by atoms with van der Waals surface area (Å²) in [6, 6.07) is 8.40. The lowest BCUT2D eigenvalue weighted by atomic mass is 10.1. The number of anilines is 1. The van der Waals surface area contributed by atoms with Crippen LogP contribution in [0.2, 0.25) is 0 Å². The molecule has 1 aliphatic heterocycles. The van der Waals surface area contributed by atoms with Gasteiger partial charge in [0.05, 0.1) is 6.10 Å². The molecule has 1 aromatic carbocycles. The molecule has 3 N–H and O–H groups in total. The number of hydrogen-bond donors (Lipinski definition) is 3. The van der Waals surface area contributed by atoms with E-state index in [-0.39, 0.29) is 12.4 Å². The molecule has 1 unspecified atom stereocenters. The molecule has 108 valence electrons. The van der Waals surface area contributed by atoms with E-state index in [0.717, 1.165) is 25.1 Å². The number of benzene rings is 1. The summed E-state index contributed by atoms with van der Waals surface area (Å²) in [5.41, 5.74) is 4.96. The SMILES string of the molecule is Cl.OC(CNCc1cccc2c1NCC2)c1ccsc1. The Morgan fingerprint density at radius 2 is 2.25 bits per heavy atom. The van der Waals surface area contributed by atoms with Gasteiger partial charge in [-0.2, -0.15) is 11.3 Å². The van der Waals surface area contributed by atoms with Gasteiger partial charge in [-0.05, 0) is 39.9 Å². The van der Waals surface area contributed by atoms with E-state index in [9.17, 15) is 5.11 Å². The number of rotatable bonds is 5. The molecular weight excluding hydrogens is 292 g/mol. The summed E-state index contributed by atoms with van der Waals surface area (Å²) in [5, 5.41) is 20.8. The smallest absolute Gasteiger partial charge is 0.0922 e. The Kier molecular flexibility index (Phi) is 5.43. The van der Waals surface area contributed by atoms with Gasteiger partial charge in [0, 0.05) is 25.3 Å². The van der Waals surface area contributed by atoms with Crippen LogP contribution in [0.5, 0.6) is 0 Å². The molecule has 0 bridgehead atoms. The first-order valence-corrected chi connectivity index (χ1v) is 7.54. The quantitative estimate of drug-likeness (QED) is 0.795. The Labute approximate surface area is 129 Å². The molecule has 0 aliphatic carbocycles. The molecule has 1 aliphatic rings. The average Bonchev–Trinajstić information content (AvgIpc) is 3.10. The van der Waals surface area contributed by atoms with Gasteiger partial charge in [-0.1, -0.05) is 18.2 Å². The number of halogens is 1. The van der Waals surface area contributed by atoms with Crippen molar-refractivity contribution in [1.82, 2.24) is 5.32 Å². The first-order valence-electron chi connectivity index (χ1n) is 6.60. The van der Waals surface area contributed by atoms with Gasteiger partial charge >= 0.3 is 0 Å². The molecule has 1 atom stereocenters. The van der Waals surface area contributed by atoms with Crippen LogP contribution in [0.1, 0.15) is 22.8 Å². The summed E-state index contributed by atoms with van der Waals surface area (Å²) in [5.74, 6) is 0. The number of aliphatic hydroxyl groups excluding tert-OH is 1. The van der Waals surface area contributed by atoms with Gasteiger partial charge < -0.3 is 15.7 Å². The lowest BCUT2D eigenvalue weighted by Crippen LogP contribution is -2.21. The van der Waals surface area contributed by atoms with Crippen LogP contribution in [0.4, 0.5) is 5.69 Å². The molecule has 0 amide bonds. The van der Waals surface area contributed by atoms with E-state index in [2.05, 4.69) is 28.8 Å². The number of thiophene rings is 1. The van der Waals surface area contributed by atoms with E-state index < -0.39 is 6.10 Å². The van der Waals surface area contributed by atoms with Gasteiger partial charge in [-0.3, -0.25) is 0 Å². The van der Waals surface area contributed by atoms with Gasteiger partial charge in [0.15, 0.2) is 0 Å². The summed E-state index contributed by atoms with van der Waals surface area (Å²) in [6.07, 6.45) is 0.691. The van der Waals surface area contributed by atoms with E-state index in [1.807, 2.05) is 16.8 Å². The van der Waals surface area contributed by atoms with Crippen molar-refractivity contribution in [2.75, 3.05) is 18.4 Å². The minimum Gasteiger partial charge on any atom is -0.387 e. The van der Waals surface area contributed by atoms with Crippen molar-refractivity contribution >= 4 is 29.4 Å². The Balaban J connectivity index is 0.00000147. The van der Waals surface area contributed by atoms with E-state index in [4.69, 9.17) is 0 Å². The van der Waals surface area contributed by atoms with Gasteiger partial charge in [0.2, 0.25) is 0 Å². The van der Waals surface area contributed by atoms with Gasteiger partial charge in [-0.25, -0.2) is 0 Å². The summed E-state index contributed by atoms with van der Waals surface area (Å²) in [6.45, 7) is 2.40. The molecule has 0 saturated carbocycles. The second-order valence-corrected chi connectivity index (χ2v) is 5.61. The van der Waals surface area contributed by atoms with Crippen LogP contribution in [-0.4, -0.2) is 18.2 Å². The lowest BCUT2D eigenvalue weighted by Gasteiger charge is -2.13. The molecule has 0 fully saturated rings. The van der Waals surface area contributed by atoms with E-state index in [1.165, 1.54) is 16.8 Å². The van der Waals surface area contributed by atoms with Crippen LogP contribution < -0.4 is 10.6 Å². The third kappa shape index (κ3) is 3.33. The second kappa shape index (κ2) is 7.09.